The highest BCUT2D eigenvalue weighted by Crippen LogP contribution is 2.37. The second-order valence-corrected chi connectivity index (χ2v) is 40.0. The monoisotopic (exact) mass is 1340 g/mol. The first-order chi connectivity index (χ1) is 44.8. The highest BCUT2D eigenvalue weighted by molar-refractivity contribution is 6.76. The zero-order chi connectivity index (χ0) is 69.7. The second-order valence-electron chi connectivity index (χ2n) is 28.8. The Morgan fingerprint density at radius 1 is 0.558 bits per heavy atom. The summed E-state index contributed by atoms with van der Waals surface area (Å²) in [5, 5.41) is 9.79. The topological polar surface area (TPSA) is 181 Å². The van der Waals surface area contributed by atoms with Gasteiger partial charge in [-0.05, 0) is 209 Å². The summed E-state index contributed by atoms with van der Waals surface area (Å²) < 4.78 is 60.5. The third kappa shape index (κ3) is 26.1. The second kappa shape index (κ2) is 36.2. The molecule has 0 aromatic heterocycles. The summed E-state index contributed by atoms with van der Waals surface area (Å²) in [7, 11) is -1.01. The summed E-state index contributed by atoms with van der Waals surface area (Å²) >= 11 is 0. The number of esters is 4. The van der Waals surface area contributed by atoms with Gasteiger partial charge in [0.15, 0.2) is 11.6 Å². The zero-order valence-corrected chi connectivity index (χ0v) is 61.7. The van der Waals surface area contributed by atoms with Gasteiger partial charge in [0.05, 0.1) is 73.6 Å². The number of aryl methyl sites for hydroxylation is 6. The summed E-state index contributed by atoms with van der Waals surface area (Å²) in [6.45, 7) is 34.2. The highest BCUT2D eigenvalue weighted by atomic mass is 28.3. The molecule has 0 radical (unpaired) electrons. The molecule has 0 aliphatic carbocycles. The maximum Gasteiger partial charge on any atom is 0.338 e. The number of ether oxygens (including phenoxy) is 10. The molecule has 5 aromatic rings. The Hall–Kier alpha value is -6.55. The lowest BCUT2D eigenvalue weighted by Gasteiger charge is -2.25. The van der Waals surface area contributed by atoms with Crippen molar-refractivity contribution in [1.82, 2.24) is 0 Å². The normalized spacial score (nSPS) is 18.9. The number of benzene rings is 5. The largest absolute Gasteiger partial charge is 0.497 e. The van der Waals surface area contributed by atoms with Crippen LogP contribution < -0.4 is 4.74 Å². The molecule has 2 aliphatic rings. The first-order valence-electron chi connectivity index (χ1n) is 33.8. The van der Waals surface area contributed by atoms with Crippen LogP contribution >= 0.6 is 0 Å². The van der Waals surface area contributed by atoms with Gasteiger partial charge < -0.3 is 52.5 Å². The van der Waals surface area contributed by atoms with Crippen molar-refractivity contribution >= 4 is 40.0 Å². The van der Waals surface area contributed by atoms with Gasteiger partial charge in [0.25, 0.3) is 0 Å². The minimum atomic E-state index is -1.34. The van der Waals surface area contributed by atoms with Crippen LogP contribution in [0.1, 0.15) is 160 Å². The first kappa shape index (κ1) is 77.5. The molecule has 0 spiro atoms. The van der Waals surface area contributed by atoms with Crippen LogP contribution in [0.5, 0.6) is 5.75 Å². The first-order valence-corrected chi connectivity index (χ1v) is 41.2. The molecule has 0 saturated carbocycles. The number of methoxy groups -OCH3 is 1. The zero-order valence-electron chi connectivity index (χ0n) is 59.7. The van der Waals surface area contributed by atoms with Crippen LogP contribution in [0.15, 0.2) is 133 Å². The molecular formula is C78H108O15Si2. The van der Waals surface area contributed by atoms with E-state index in [0.717, 1.165) is 69.6 Å². The van der Waals surface area contributed by atoms with Crippen LogP contribution in [0, 0.1) is 27.7 Å². The summed E-state index contributed by atoms with van der Waals surface area (Å²) in [5.74, 6) is -2.34. The fourth-order valence-electron chi connectivity index (χ4n) is 11.7. The number of rotatable bonds is 32. The molecule has 1 N–H and O–H groups in total. The van der Waals surface area contributed by atoms with Gasteiger partial charge in [0.1, 0.15) is 30.2 Å². The predicted molar refractivity (Wildman–Crippen MR) is 380 cm³/mol. The minimum absolute atomic E-state index is 0.0778. The highest BCUT2D eigenvalue weighted by Gasteiger charge is 2.47. The van der Waals surface area contributed by atoms with E-state index in [2.05, 4.69) is 51.4 Å². The molecule has 518 valence electrons. The maximum absolute atomic E-state index is 13.3. The van der Waals surface area contributed by atoms with Gasteiger partial charge in [-0.15, -0.1) is 0 Å². The molecule has 2 saturated heterocycles. The third-order valence-corrected chi connectivity index (χ3v) is 19.9. The van der Waals surface area contributed by atoms with E-state index in [4.69, 9.17) is 47.4 Å². The van der Waals surface area contributed by atoms with Crippen molar-refractivity contribution in [1.29, 1.82) is 0 Å². The molecular weight excluding hydrogens is 1230 g/mol. The van der Waals surface area contributed by atoms with Gasteiger partial charge in [0, 0.05) is 16.1 Å². The molecule has 2 fully saturated rings. The van der Waals surface area contributed by atoms with Gasteiger partial charge in [-0.25, -0.2) is 19.2 Å². The molecule has 4 unspecified atom stereocenters. The predicted octanol–water partition coefficient (Wildman–Crippen LogP) is 16.6. The lowest BCUT2D eigenvalue weighted by Crippen LogP contribution is -2.37. The summed E-state index contributed by atoms with van der Waals surface area (Å²) in [6.07, 6.45) is 8.79. The van der Waals surface area contributed by atoms with Crippen LogP contribution in [0.2, 0.25) is 51.4 Å². The summed E-state index contributed by atoms with van der Waals surface area (Å²) in [4.78, 5) is 52.9. The van der Waals surface area contributed by atoms with Crippen LogP contribution in [0.3, 0.4) is 0 Å². The van der Waals surface area contributed by atoms with Gasteiger partial charge >= 0.3 is 23.9 Å². The molecule has 95 heavy (non-hydrogen) atoms. The van der Waals surface area contributed by atoms with Crippen molar-refractivity contribution in [2.75, 3.05) is 20.3 Å². The lowest BCUT2D eigenvalue weighted by molar-refractivity contribution is -0.153. The van der Waals surface area contributed by atoms with Crippen LogP contribution in [-0.4, -0.2) is 126 Å². The molecule has 15 nitrogen and oxygen atoms in total. The summed E-state index contributed by atoms with van der Waals surface area (Å²) in [5.41, 5.74) is 9.26. The Kier molecular flexibility index (Phi) is 29.5. The van der Waals surface area contributed by atoms with Crippen molar-refractivity contribution in [3.63, 3.8) is 0 Å². The molecule has 7 rings (SSSR count). The average Bonchev–Trinajstić information content (AvgIpc) is 1.74. The standard InChI is InChI=1S/C43H58O8Si.C35H50O7Si/c1-30-27-31(2)39(42(45)47-25-26-52(7,8)9)35(28-30)18-14-20-38-40(51-43(4,5)50-38)37(49-41(44)34-16-11-10-12-17-34)19-13-15-32(3)48-29-33-21-23-36(46-6)24-22-33;1-24-22-25(2)31(34(38)39-20-21-43(6,7)8)28(23-24)17-13-19-30-32(42-35(4,5)41-30)29(18-12-14-26(3)36)40-33(37)27-15-10-9-11-16-27/h10-13,16-17,19,21-24,27-28,32,37-38,40H,14-15,18,20,25-26,29H2,1-9H3;9-12,15-16,18,22-23,26,29-30,32,36H,13-14,17,19-21H2,1-8H3/b19-13-;18-12-/t32-,37?,38-,40?;26-,29?,30-,32?/m00/s1. The quantitative estimate of drug-likeness (QED) is 0.0186. The van der Waals surface area contributed by atoms with Crippen molar-refractivity contribution in [2.24, 2.45) is 0 Å². The van der Waals surface area contributed by atoms with E-state index in [9.17, 15) is 24.3 Å². The Labute approximate surface area is 568 Å². The fraction of sp³-hybridized carbons (Fsp3) is 0.513. The smallest absolute Gasteiger partial charge is 0.338 e. The molecule has 8 atom stereocenters. The molecule has 0 amide bonds. The molecule has 0 bridgehead atoms. The van der Waals surface area contributed by atoms with Gasteiger partial charge in [-0.1, -0.05) is 135 Å². The van der Waals surface area contributed by atoms with Crippen LogP contribution in [0.4, 0.5) is 0 Å². The average molecular weight is 1340 g/mol. The van der Waals surface area contributed by atoms with Crippen molar-refractivity contribution in [3.05, 3.63) is 195 Å². The van der Waals surface area contributed by atoms with E-state index >= 15 is 0 Å². The summed E-state index contributed by atoms with van der Waals surface area (Å²) in [6, 6.07) is 35.7. The van der Waals surface area contributed by atoms with Crippen molar-refractivity contribution in [3.8, 4) is 5.75 Å². The van der Waals surface area contributed by atoms with Crippen LogP contribution in [0.25, 0.3) is 0 Å². The number of carbonyl (C=O) groups excluding carboxylic acids is 4. The lowest BCUT2D eigenvalue weighted by atomic mass is 9.93. The number of aliphatic hydroxyl groups excluding tert-OH is 1. The van der Waals surface area contributed by atoms with E-state index in [-0.39, 0.29) is 30.3 Å². The van der Waals surface area contributed by atoms with Gasteiger partial charge in [0.2, 0.25) is 0 Å². The maximum atomic E-state index is 13.3. The van der Waals surface area contributed by atoms with Gasteiger partial charge in [-0.2, -0.15) is 0 Å². The molecule has 2 aliphatic heterocycles. The number of carbonyl (C=O) groups is 4. The van der Waals surface area contributed by atoms with E-state index in [0.29, 0.717) is 80.6 Å². The Balaban J connectivity index is 0.000000306. The number of hydrogen-bond donors (Lipinski definition) is 1. The van der Waals surface area contributed by atoms with Crippen molar-refractivity contribution in [2.45, 2.75) is 239 Å². The number of aliphatic hydroxyl groups is 1. The minimum Gasteiger partial charge on any atom is -0.497 e. The Morgan fingerprint density at radius 2 is 0.968 bits per heavy atom. The molecule has 5 aromatic carbocycles. The SMILES string of the molecule is COc1ccc(CO[C@@H](C)C/C=C\C(OC(=O)c2ccccc2)C2OC(C)(C)O[C@H]2CCCc2cc(C)cc(C)c2C(=O)OCC[Si](C)(C)C)cc1.Cc1cc(C)c(C(=O)OCC[Si](C)(C)C)c(CCC[C@@H]2OC(C)(C)OC2C(/C=C\C[C@H](C)O)OC(=O)c2ccccc2)c1. The van der Waals surface area contributed by atoms with E-state index < -0.39 is 70.2 Å². The fourth-order valence-corrected chi connectivity index (χ4v) is 13.1. The Bertz CT molecular complexity index is 3310. The van der Waals surface area contributed by atoms with E-state index in [1.165, 1.54) is 0 Å². The van der Waals surface area contributed by atoms with E-state index in [1.54, 1.807) is 56.5 Å². The third-order valence-electron chi connectivity index (χ3n) is 16.5. The van der Waals surface area contributed by atoms with Crippen molar-refractivity contribution < 1.29 is 71.7 Å². The number of hydrogen-bond acceptors (Lipinski definition) is 15. The van der Waals surface area contributed by atoms with E-state index in [1.807, 2.05) is 141 Å². The Morgan fingerprint density at radius 3 is 1.36 bits per heavy atom. The molecule has 2 heterocycles. The molecule has 17 heteroatoms. The van der Waals surface area contributed by atoms with Crippen LogP contribution in [-0.2, 0) is 62.1 Å². The van der Waals surface area contributed by atoms with Gasteiger partial charge in [-0.3, -0.25) is 0 Å².